The largest absolute Gasteiger partial charge is 0.495 e. The topological polar surface area (TPSA) is 102 Å². The quantitative estimate of drug-likeness (QED) is 0.520. The third-order valence-electron chi connectivity index (χ3n) is 1.88. The summed E-state index contributed by atoms with van der Waals surface area (Å²) in [5.41, 5.74) is 5.98. The molecule has 0 bridgehead atoms. The standard InChI is InChI=1S/C8H12N2O4S/c1-10-6-3-5(9)8(15(11,12)13)4-7(6)14-2/h3-4,10H,9H2,1-2H3,(H,11,12,13). The molecule has 84 valence electrons. The maximum absolute atomic E-state index is 10.9. The second kappa shape index (κ2) is 3.95. The van der Waals surface area contributed by atoms with Crippen LogP contribution >= 0.6 is 0 Å². The van der Waals surface area contributed by atoms with Crippen molar-refractivity contribution in [2.24, 2.45) is 0 Å². The van der Waals surface area contributed by atoms with Gasteiger partial charge in [0.25, 0.3) is 10.1 Å². The van der Waals surface area contributed by atoms with Gasteiger partial charge in [0.05, 0.1) is 18.5 Å². The molecule has 0 fully saturated rings. The molecule has 0 aliphatic heterocycles. The van der Waals surface area contributed by atoms with Crippen molar-refractivity contribution in [1.29, 1.82) is 0 Å². The highest BCUT2D eigenvalue weighted by molar-refractivity contribution is 7.86. The normalized spacial score (nSPS) is 11.1. The molecule has 1 rings (SSSR count). The lowest BCUT2D eigenvalue weighted by molar-refractivity contribution is 0.414. The molecule has 0 radical (unpaired) electrons. The highest BCUT2D eigenvalue weighted by Gasteiger charge is 2.17. The maximum atomic E-state index is 10.9. The van der Waals surface area contributed by atoms with Crippen LogP contribution in [0.3, 0.4) is 0 Å². The van der Waals surface area contributed by atoms with E-state index in [-0.39, 0.29) is 10.6 Å². The molecule has 0 amide bonds. The van der Waals surface area contributed by atoms with Gasteiger partial charge in [-0.15, -0.1) is 0 Å². The Hall–Kier alpha value is -1.47. The van der Waals surface area contributed by atoms with Crippen LogP contribution in [0, 0.1) is 0 Å². The molecule has 0 aliphatic carbocycles. The third kappa shape index (κ3) is 2.31. The average Bonchev–Trinajstić information content (AvgIpc) is 2.15. The van der Waals surface area contributed by atoms with Crippen LogP contribution in [0.4, 0.5) is 11.4 Å². The van der Waals surface area contributed by atoms with Crippen LogP contribution in [0.5, 0.6) is 5.75 Å². The number of ether oxygens (including phenoxy) is 1. The van der Waals surface area contributed by atoms with Gasteiger partial charge in [0.15, 0.2) is 0 Å². The summed E-state index contributed by atoms with van der Waals surface area (Å²) in [4.78, 5) is -0.363. The Morgan fingerprint density at radius 2 is 2.07 bits per heavy atom. The van der Waals surface area contributed by atoms with E-state index in [9.17, 15) is 8.42 Å². The summed E-state index contributed by atoms with van der Waals surface area (Å²) in [5, 5.41) is 2.78. The zero-order valence-electron chi connectivity index (χ0n) is 8.31. The summed E-state index contributed by atoms with van der Waals surface area (Å²) in [6, 6.07) is 2.54. The van der Waals surface area contributed by atoms with E-state index in [1.807, 2.05) is 0 Å². The van der Waals surface area contributed by atoms with Crippen molar-refractivity contribution >= 4 is 21.5 Å². The van der Waals surface area contributed by atoms with Crippen molar-refractivity contribution in [3.8, 4) is 5.75 Å². The molecular formula is C8H12N2O4S. The van der Waals surface area contributed by atoms with E-state index in [0.717, 1.165) is 6.07 Å². The van der Waals surface area contributed by atoms with Gasteiger partial charge in [0.1, 0.15) is 10.6 Å². The van der Waals surface area contributed by atoms with Crippen molar-refractivity contribution in [2.45, 2.75) is 4.90 Å². The summed E-state index contributed by atoms with van der Waals surface area (Å²) >= 11 is 0. The van der Waals surface area contributed by atoms with E-state index in [0.29, 0.717) is 11.4 Å². The minimum absolute atomic E-state index is 0.0392. The fraction of sp³-hybridized carbons (Fsp3) is 0.250. The van der Waals surface area contributed by atoms with E-state index >= 15 is 0 Å². The van der Waals surface area contributed by atoms with Gasteiger partial charge in [-0.05, 0) is 6.07 Å². The first-order valence-corrected chi connectivity index (χ1v) is 5.47. The van der Waals surface area contributed by atoms with Gasteiger partial charge in [-0.1, -0.05) is 0 Å². The van der Waals surface area contributed by atoms with Crippen LogP contribution < -0.4 is 15.8 Å². The molecule has 7 heteroatoms. The maximum Gasteiger partial charge on any atom is 0.296 e. The Morgan fingerprint density at radius 1 is 1.47 bits per heavy atom. The Bertz CT molecular complexity index is 470. The van der Waals surface area contributed by atoms with E-state index < -0.39 is 10.1 Å². The summed E-state index contributed by atoms with van der Waals surface area (Å²) in [5.74, 6) is 0.291. The number of hydrogen-bond acceptors (Lipinski definition) is 5. The van der Waals surface area contributed by atoms with E-state index in [1.54, 1.807) is 7.05 Å². The number of nitrogens with one attached hydrogen (secondary N) is 1. The summed E-state index contributed by atoms with van der Waals surface area (Å²) < 4.78 is 35.6. The third-order valence-corrected chi connectivity index (χ3v) is 2.79. The van der Waals surface area contributed by atoms with Crippen LogP contribution in [-0.2, 0) is 10.1 Å². The molecule has 0 saturated heterocycles. The van der Waals surface area contributed by atoms with Gasteiger partial charge in [0.2, 0.25) is 0 Å². The molecule has 1 aromatic carbocycles. The van der Waals surface area contributed by atoms with Crippen molar-refractivity contribution < 1.29 is 17.7 Å². The van der Waals surface area contributed by atoms with Crippen LogP contribution in [0.25, 0.3) is 0 Å². The fourth-order valence-electron chi connectivity index (χ4n) is 1.17. The van der Waals surface area contributed by atoms with Crippen LogP contribution in [-0.4, -0.2) is 27.1 Å². The number of nitrogen functional groups attached to an aromatic ring is 1. The zero-order chi connectivity index (χ0) is 11.6. The first-order chi connectivity index (χ1) is 6.90. The van der Waals surface area contributed by atoms with Gasteiger partial charge < -0.3 is 15.8 Å². The van der Waals surface area contributed by atoms with E-state index in [4.69, 9.17) is 15.0 Å². The van der Waals surface area contributed by atoms with Gasteiger partial charge >= 0.3 is 0 Å². The molecule has 4 N–H and O–H groups in total. The number of nitrogens with two attached hydrogens (primary N) is 1. The SMILES string of the molecule is CNc1cc(N)c(S(=O)(=O)O)cc1OC. The molecule has 0 spiro atoms. The first-order valence-electron chi connectivity index (χ1n) is 4.03. The lowest BCUT2D eigenvalue weighted by atomic mass is 10.2. The van der Waals surface area contributed by atoms with Crippen LogP contribution in [0.15, 0.2) is 17.0 Å². The molecule has 0 heterocycles. The molecule has 0 unspecified atom stereocenters. The Morgan fingerprint density at radius 3 is 2.47 bits per heavy atom. The second-order valence-corrected chi connectivity index (χ2v) is 4.21. The van der Waals surface area contributed by atoms with E-state index in [1.165, 1.54) is 13.2 Å². The highest BCUT2D eigenvalue weighted by atomic mass is 32.2. The average molecular weight is 232 g/mol. The van der Waals surface area contributed by atoms with Crippen LogP contribution in [0.1, 0.15) is 0 Å². The Balaban J connectivity index is 3.46. The molecule has 15 heavy (non-hydrogen) atoms. The van der Waals surface area contributed by atoms with Crippen LogP contribution in [0.2, 0.25) is 0 Å². The molecular weight excluding hydrogens is 220 g/mol. The first kappa shape index (κ1) is 11.6. The molecule has 0 aliphatic rings. The molecule has 0 aromatic heterocycles. The fourth-order valence-corrected chi connectivity index (χ4v) is 1.78. The van der Waals surface area contributed by atoms with E-state index in [2.05, 4.69) is 5.32 Å². The predicted octanol–water partition coefficient (Wildman–Crippen LogP) is 0.566. The zero-order valence-corrected chi connectivity index (χ0v) is 9.13. The highest BCUT2D eigenvalue weighted by Crippen LogP contribution is 2.31. The Labute approximate surface area is 87.8 Å². The summed E-state index contributed by atoms with van der Waals surface area (Å²) in [6.45, 7) is 0. The van der Waals surface area contributed by atoms with Crippen molar-refractivity contribution in [2.75, 3.05) is 25.2 Å². The Kier molecular flexibility index (Phi) is 3.06. The lowest BCUT2D eigenvalue weighted by Crippen LogP contribution is -2.05. The minimum atomic E-state index is -4.32. The molecule has 0 atom stereocenters. The number of anilines is 2. The predicted molar refractivity (Wildman–Crippen MR) is 56.8 cm³/mol. The minimum Gasteiger partial charge on any atom is -0.495 e. The van der Waals surface area contributed by atoms with Gasteiger partial charge in [0, 0.05) is 13.1 Å². The number of methoxy groups -OCH3 is 1. The van der Waals surface area contributed by atoms with Crippen molar-refractivity contribution in [3.63, 3.8) is 0 Å². The molecule has 0 saturated carbocycles. The number of rotatable bonds is 3. The number of benzene rings is 1. The van der Waals surface area contributed by atoms with Gasteiger partial charge in [-0.3, -0.25) is 4.55 Å². The van der Waals surface area contributed by atoms with Crippen molar-refractivity contribution in [1.82, 2.24) is 0 Å². The monoisotopic (exact) mass is 232 g/mol. The summed E-state index contributed by atoms with van der Waals surface area (Å²) in [6.07, 6.45) is 0. The summed E-state index contributed by atoms with van der Waals surface area (Å²) in [7, 11) is -1.29. The van der Waals surface area contributed by atoms with Crippen molar-refractivity contribution in [3.05, 3.63) is 12.1 Å². The lowest BCUT2D eigenvalue weighted by Gasteiger charge is -2.11. The molecule has 1 aromatic rings. The second-order valence-electron chi connectivity index (χ2n) is 2.82. The number of hydrogen-bond donors (Lipinski definition) is 3. The smallest absolute Gasteiger partial charge is 0.296 e. The molecule has 6 nitrogen and oxygen atoms in total. The van der Waals surface area contributed by atoms with Gasteiger partial charge in [-0.2, -0.15) is 8.42 Å². The van der Waals surface area contributed by atoms with Gasteiger partial charge in [-0.25, -0.2) is 0 Å².